The monoisotopic (exact) mass is 291 g/mol. The molecule has 1 saturated carbocycles. The summed E-state index contributed by atoms with van der Waals surface area (Å²) in [5.41, 5.74) is 0. The minimum atomic E-state index is 0.215. The maximum absolute atomic E-state index is 12.1. The fourth-order valence-electron chi connectivity index (χ4n) is 2.38. The van der Waals surface area contributed by atoms with E-state index in [1.807, 2.05) is 36.2 Å². The molecule has 1 aromatic carbocycles. The molecule has 4 heteroatoms. The van der Waals surface area contributed by atoms with E-state index in [4.69, 9.17) is 9.47 Å². The van der Waals surface area contributed by atoms with E-state index < -0.39 is 0 Å². The zero-order valence-electron chi connectivity index (χ0n) is 13.2. The highest BCUT2D eigenvalue weighted by atomic mass is 16.5. The largest absolute Gasteiger partial charge is 0.497 e. The summed E-state index contributed by atoms with van der Waals surface area (Å²) < 4.78 is 10.7. The van der Waals surface area contributed by atoms with E-state index in [0.717, 1.165) is 23.8 Å². The predicted octanol–water partition coefficient (Wildman–Crippen LogP) is 3.11. The molecule has 1 aromatic rings. The Morgan fingerprint density at radius 3 is 2.48 bits per heavy atom. The zero-order chi connectivity index (χ0) is 15.2. The van der Waals surface area contributed by atoms with Gasteiger partial charge in [0.15, 0.2) is 0 Å². The van der Waals surface area contributed by atoms with E-state index in [0.29, 0.717) is 19.1 Å². The van der Waals surface area contributed by atoms with Crippen molar-refractivity contribution in [3.8, 4) is 11.5 Å². The second-order valence-corrected chi connectivity index (χ2v) is 5.71. The summed E-state index contributed by atoms with van der Waals surface area (Å²) in [5.74, 6) is 2.55. The summed E-state index contributed by atoms with van der Waals surface area (Å²) in [6, 6.07) is 7.86. The van der Waals surface area contributed by atoms with Crippen LogP contribution in [0.3, 0.4) is 0 Å². The Hall–Kier alpha value is -1.71. The molecule has 1 unspecified atom stereocenters. The lowest BCUT2D eigenvalue weighted by Gasteiger charge is -2.24. The quantitative estimate of drug-likeness (QED) is 0.691. The number of carbonyl (C=O) groups is 1. The Morgan fingerprint density at radius 1 is 1.29 bits per heavy atom. The summed E-state index contributed by atoms with van der Waals surface area (Å²) in [7, 11) is 3.55. The van der Waals surface area contributed by atoms with Crippen LogP contribution in [-0.4, -0.2) is 37.6 Å². The summed E-state index contributed by atoms with van der Waals surface area (Å²) in [4.78, 5) is 14.0. The minimum absolute atomic E-state index is 0.215. The highest BCUT2D eigenvalue weighted by molar-refractivity contribution is 5.76. The van der Waals surface area contributed by atoms with Gasteiger partial charge in [0, 0.05) is 19.5 Å². The Morgan fingerprint density at radius 2 is 1.90 bits per heavy atom. The van der Waals surface area contributed by atoms with Crippen molar-refractivity contribution in [2.24, 2.45) is 5.92 Å². The van der Waals surface area contributed by atoms with Crippen LogP contribution in [0.5, 0.6) is 11.5 Å². The van der Waals surface area contributed by atoms with E-state index in [-0.39, 0.29) is 5.91 Å². The van der Waals surface area contributed by atoms with Crippen LogP contribution in [0, 0.1) is 5.92 Å². The van der Waals surface area contributed by atoms with Gasteiger partial charge in [-0.15, -0.1) is 0 Å². The predicted molar refractivity (Wildman–Crippen MR) is 82.7 cm³/mol. The third-order valence-corrected chi connectivity index (χ3v) is 4.17. The van der Waals surface area contributed by atoms with Crippen LogP contribution in [0.1, 0.15) is 32.6 Å². The molecule has 0 heterocycles. The van der Waals surface area contributed by atoms with Crippen LogP contribution < -0.4 is 9.47 Å². The van der Waals surface area contributed by atoms with Gasteiger partial charge in [-0.3, -0.25) is 4.79 Å². The van der Waals surface area contributed by atoms with Gasteiger partial charge in [-0.2, -0.15) is 0 Å². The van der Waals surface area contributed by atoms with E-state index in [9.17, 15) is 4.79 Å². The Labute approximate surface area is 127 Å². The Kier molecular flexibility index (Phi) is 5.48. The smallest absolute Gasteiger partial charge is 0.222 e. The van der Waals surface area contributed by atoms with Gasteiger partial charge in [0.1, 0.15) is 11.5 Å². The molecule has 116 valence electrons. The molecule has 4 nitrogen and oxygen atoms in total. The molecule has 1 aliphatic rings. The van der Waals surface area contributed by atoms with Crippen LogP contribution in [0.4, 0.5) is 0 Å². The number of carbonyl (C=O) groups excluding carboxylic acids is 1. The van der Waals surface area contributed by atoms with Gasteiger partial charge in [0.05, 0.1) is 13.7 Å². The van der Waals surface area contributed by atoms with Gasteiger partial charge in [-0.25, -0.2) is 0 Å². The summed E-state index contributed by atoms with van der Waals surface area (Å²) in [6.45, 7) is 2.70. The van der Waals surface area contributed by atoms with Gasteiger partial charge in [-0.05, 0) is 56.4 Å². The number of benzene rings is 1. The van der Waals surface area contributed by atoms with Crippen LogP contribution in [-0.2, 0) is 4.79 Å². The third-order valence-electron chi connectivity index (χ3n) is 4.17. The number of hydrogen-bond donors (Lipinski definition) is 0. The molecule has 0 saturated heterocycles. The van der Waals surface area contributed by atoms with Crippen molar-refractivity contribution in [2.75, 3.05) is 20.8 Å². The standard InChI is InChI=1S/C17H25NO3/c1-13(14-6-7-14)18(2)17(19)5-4-12-21-16-10-8-15(20-3)9-11-16/h8-11,13-14H,4-7,12H2,1-3H3. The molecule has 21 heavy (non-hydrogen) atoms. The average Bonchev–Trinajstić information content (AvgIpc) is 3.35. The highest BCUT2D eigenvalue weighted by Crippen LogP contribution is 2.34. The van der Waals surface area contributed by atoms with Gasteiger partial charge in [0.25, 0.3) is 0 Å². The summed E-state index contributed by atoms with van der Waals surface area (Å²) >= 11 is 0. The first-order valence-electron chi connectivity index (χ1n) is 7.64. The summed E-state index contributed by atoms with van der Waals surface area (Å²) in [6.07, 6.45) is 3.81. The molecule has 0 bridgehead atoms. The normalized spacial score (nSPS) is 15.4. The molecule has 0 spiro atoms. The second kappa shape index (κ2) is 7.34. The number of ether oxygens (including phenoxy) is 2. The lowest BCUT2D eigenvalue weighted by atomic mass is 10.1. The van der Waals surface area contributed by atoms with Crippen molar-refractivity contribution in [2.45, 2.75) is 38.6 Å². The third kappa shape index (κ3) is 4.66. The van der Waals surface area contributed by atoms with Crippen molar-refractivity contribution in [1.29, 1.82) is 0 Å². The summed E-state index contributed by atoms with van der Waals surface area (Å²) in [5, 5.41) is 0. The SMILES string of the molecule is COc1ccc(OCCCC(=O)N(C)C(C)C2CC2)cc1. The first-order chi connectivity index (χ1) is 10.1. The lowest BCUT2D eigenvalue weighted by molar-refractivity contribution is -0.132. The number of amides is 1. The van der Waals surface area contributed by atoms with E-state index in [1.165, 1.54) is 12.8 Å². The second-order valence-electron chi connectivity index (χ2n) is 5.71. The average molecular weight is 291 g/mol. The van der Waals surface area contributed by atoms with Crippen molar-refractivity contribution >= 4 is 5.91 Å². The van der Waals surface area contributed by atoms with Crippen molar-refractivity contribution in [3.05, 3.63) is 24.3 Å². The molecule has 0 aromatic heterocycles. The highest BCUT2D eigenvalue weighted by Gasteiger charge is 2.32. The van der Waals surface area contributed by atoms with Gasteiger partial charge < -0.3 is 14.4 Å². The van der Waals surface area contributed by atoms with Crippen molar-refractivity contribution < 1.29 is 14.3 Å². The van der Waals surface area contributed by atoms with E-state index in [1.54, 1.807) is 7.11 Å². The number of rotatable bonds is 8. The lowest BCUT2D eigenvalue weighted by Crippen LogP contribution is -2.36. The number of nitrogens with zero attached hydrogens (tertiary/aromatic N) is 1. The van der Waals surface area contributed by atoms with Crippen LogP contribution in [0.15, 0.2) is 24.3 Å². The topological polar surface area (TPSA) is 38.8 Å². The van der Waals surface area contributed by atoms with Crippen LogP contribution in [0.25, 0.3) is 0 Å². The van der Waals surface area contributed by atoms with Gasteiger partial charge in [0.2, 0.25) is 5.91 Å². The zero-order valence-corrected chi connectivity index (χ0v) is 13.2. The van der Waals surface area contributed by atoms with Crippen molar-refractivity contribution in [3.63, 3.8) is 0 Å². The maximum atomic E-state index is 12.1. The molecule has 0 radical (unpaired) electrons. The molecule has 1 aliphatic carbocycles. The van der Waals surface area contributed by atoms with Gasteiger partial charge >= 0.3 is 0 Å². The van der Waals surface area contributed by atoms with Crippen molar-refractivity contribution in [1.82, 2.24) is 4.90 Å². The molecule has 2 rings (SSSR count). The Balaban J connectivity index is 1.65. The molecule has 0 N–H and O–H groups in total. The van der Waals surface area contributed by atoms with Crippen LogP contribution in [0.2, 0.25) is 0 Å². The molecular weight excluding hydrogens is 266 g/mol. The van der Waals surface area contributed by atoms with E-state index >= 15 is 0 Å². The minimum Gasteiger partial charge on any atom is -0.497 e. The van der Waals surface area contributed by atoms with E-state index in [2.05, 4.69) is 6.92 Å². The molecule has 0 aliphatic heterocycles. The fourth-order valence-corrected chi connectivity index (χ4v) is 2.38. The first kappa shape index (κ1) is 15.7. The fraction of sp³-hybridized carbons (Fsp3) is 0.588. The number of methoxy groups -OCH3 is 1. The maximum Gasteiger partial charge on any atom is 0.222 e. The number of hydrogen-bond acceptors (Lipinski definition) is 3. The molecular formula is C17H25NO3. The first-order valence-corrected chi connectivity index (χ1v) is 7.64. The molecule has 1 fully saturated rings. The Bertz CT molecular complexity index is 454. The molecule has 1 amide bonds. The molecule has 1 atom stereocenters. The van der Waals surface area contributed by atoms with Crippen LogP contribution >= 0.6 is 0 Å². The van der Waals surface area contributed by atoms with Gasteiger partial charge in [-0.1, -0.05) is 0 Å².